The fourth-order valence-electron chi connectivity index (χ4n) is 2.77. The third-order valence-corrected chi connectivity index (χ3v) is 3.73. The Kier molecular flexibility index (Phi) is 2.69. The maximum atomic E-state index is 2.54. The van der Waals surface area contributed by atoms with E-state index in [4.69, 9.17) is 0 Å². The van der Waals surface area contributed by atoms with Gasteiger partial charge in [-0.3, -0.25) is 0 Å². The van der Waals surface area contributed by atoms with Gasteiger partial charge in [0.2, 0.25) is 0 Å². The molecule has 16 heavy (non-hydrogen) atoms. The Bertz CT molecular complexity index is 400. The summed E-state index contributed by atoms with van der Waals surface area (Å²) in [6.45, 7) is 2.49. The van der Waals surface area contributed by atoms with Gasteiger partial charge in [-0.15, -0.1) is 0 Å². The molecule has 1 heteroatoms. The predicted molar refractivity (Wildman–Crippen MR) is 69.9 cm³/mol. The monoisotopic (exact) mass is 213 g/mol. The van der Waals surface area contributed by atoms with Crippen LogP contribution in [-0.4, -0.2) is 13.1 Å². The number of hydrogen-bond acceptors (Lipinski definition) is 1. The molecule has 0 spiro atoms. The van der Waals surface area contributed by atoms with Crippen LogP contribution in [0.3, 0.4) is 0 Å². The van der Waals surface area contributed by atoms with Gasteiger partial charge in [-0.1, -0.05) is 18.2 Å². The largest absolute Gasteiger partial charge is 0.372 e. The zero-order valence-electron chi connectivity index (χ0n) is 9.78. The average molecular weight is 213 g/mol. The van der Waals surface area contributed by atoms with E-state index in [0.29, 0.717) is 0 Å². The van der Waals surface area contributed by atoms with E-state index in [9.17, 15) is 0 Å². The second-order valence-corrected chi connectivity index (χ2v) is 4.87. The van der Waals surface area contributed by atoms with E-state index in [-0.39, 0.29) is 0 Å². The second kappa shape index (κ2) is 4.32. The molecule has 0 amide bonds. The molecule has 0 radical (unpaired) electrons. The number of piperidine rings is 1. The molecular formula is C15H19N. The normalized spacial score (nSPS) is 19.6. The Morgan fingerprint density at radius 3 is 2.75 bits per heavy atom. The van der Waals surface area contributed by atoms with Crippen molar-refractivity contribution in [3.63, 3.8) is 0 Å². The number of allylic oxidation sites excluding steroid dienone is 1. The Balaban J connectivity index is 1.87. The first-order valence-corrected chi connectivity index (χ1v) is 6.48. The zero-order chi connectivity index (χ0) is 10.8. The average Bonchev–Trinajstić information content (AvgIpc) is 2.39. The van der Waals surface area contributed by atoms with Gasteiger partial charge < -0.3 is 4.90 Å². The minimum Gasteiger partial charge on any atom is -0.372 e. The summed E-state index contributed by atoms with van der Waals surface area (Å²) in [7, 11) is 0. The third-order valence-electron chi connectivity index (χ3n) is 3.73. The number of fused-ring (bicyclic) bond motifs is 1. The molecule has 84 valence electrons. The quantitative estimate of drug-likeness (QED) is 0.688. The van der Waals surface area contributed by atoms with Crippen molar-refractivity contribution in [3.8, 4) is 0 Å². The highest BCUT2D eigenvalue weighted by Crippen LogP contribution is 2.26. The maximum Gasteiger partial charge on any atom is 0.0369 e. The van der Waals surface area contributed by atoms with Gasteiger partial charge >= 0.3 is 0 Å². The lowest BCUT2D eigenvalue weighted by molar-refractivity contribution is 0.577. The van der Waals surface area contributed by atoms with E-state index in [1.54, 1.807) is 0 Å². The molecule has 1 aromatic rings. The molecule has 1 aliphatic heterocycles. The molecule has 2 aliphatic rings. The van der Waals surface area contributed by atoms with Crippen LogP contribution in [0.5, 0.6) is 0 Å². The van der Waals surface area contributed by atoms with Gasteiger partial charge in [0.15, 0.2) is 0 Å². The molecular weight excluding hydrogens is 194 g/mol. The highest BCUT2D eigenvalue weighted by Gasteiger charge is 2.12. The SMILES string of the molecule is C1=Cc2ccc(N3CCCCC3)cc2CC1. The fraction of sp³-hybridized carbons (Fsp3) is 0.467. The first kappa shape index (κ1) is 9.95. The molecule has 1 aliphatic carbocycles. The summed E-state index contributed by atoms with van der Waals surface area (Å²) in [4.78, 5) is 2.54. The lowest BCUT2D eigenvalue weighted by atomic mass is 9.96. The third kappa shape index (κ3) is 1.87. The lowest BCUT2D eigenvalue weighted by Gasteiger charge is -2.29. The van der Waals surface area contributed by atoms with E-state index in [1.165, 1.54) is 62.0 Å². The van der Waals surface area contributed by atoms with Gasteiger partial charge in [-0.25, -0.2) is 0 Å². The van der Waals surface area contributed by atoms with Crippen LogP contribution < -0.4 is 4.90 Å². The van der Waals surface area contributed by atoms with Crippen LogP contribution in [0.1, 0.15) is 36.8 Å². The van der Waals surface area contributed by atoms with Gasteiger partial charge in [-0.2, -0.15) is 0 Å². The molecule has 1 heterocycles. The van der Waals surface area contributed by atoms with E-state index in [2.05, 4.69) is 35.3 Å². The molecule has 1 fully saturated rings. The maximum absolute atomic E-state index is 2.54. The Morgan fingerprint density at radius 1 is 1.00 bits per heavy atom. The second-order valence-electron chi connectivity index (χ2n) is 4.87. The van der Waals surface area contributed by atoms with Gasteiger partial charge in [0, 0.05) is 18.8 Å². The molecule has 0 saturated carbocycles. The van der Waals surface area contributed by atoms with Crippen LogP contribution in [-0.2, 0) is 6.42 Å². The standard InChI is InChI=1S/C15H19N/c1-4-10-16(11-5-1)15-9-8-13-6-2-3-7-14(13)12-15/h2,6,8-9,12H,1,3-5,7,10-11H2. The molecule has 1 saturated heterocycles. The Morgan fingerprint density at radius 2 is 1.88 bits per heavy atom. The molecule has 0 N–H and O–H groups in total. The molecule has 0 unspecified atom stereocenters. The molecule has 1 aromatic carbocycles. The highest BCUT2D eigenvalue weighted by atomic mass is 15.1. The van der Waals surface area contributed by atoms with Crippen LogP contribution >= 0.6 is 0 Å². The Hall–Kier alpha value is -1.24. The summed E-state index contributed by atoms with van der Waals surface area (Å²) in [6, 6.07) is 6.99. The summed E-state index contributed by atoms with van der Waals surface area (Å²) >= 11 is 0. The summed E-state index contributed by atoms with van der Waals surface area (Å²) in [5.74, 6) is 0. The van der Waals surface area contributed by atoms with Crippen molar-refractivity contribution in [1.29, 1.82) is 0 Å². The smallest absolute Gasteiger partial charge is 0.0369 e. The van der Waals surface area contributed by atoms with Gasteiger partial charge in [0.05, 0.1) is 0 Å². The minimum atomic E-state index is 1.20. The van der Waals surface area contributed by atoms with Crippen molar-refractivity contribution in [3.05, 3.63) is 35.4 Å². The van der Waals surface area contributed by atoms with Crippen molar-refractivity contribution in [2.24, 2.45) is 0 Å². The molecule has 0 atom stereocenters. The van der Waals surface area contributed by atoms with Crippen molar-refractivity contribution in [2.75, 3.05) is 18.0 Å². The van der Waals surface area contributed by atoms with Crippen LogP contribution in [0.25, 0.3) is 6.08 Å². The number of hydrogen-bond donors (Lipinski definition) is 0. The number of benzene rings is 1. The highest BCUT2D eigenvalue weighted by molar-refractivity contribution is 5.62. The Labute approximate surface area is 97.8 Å². The lowest BCUT2D eigenvalue weighted by Crippen LogP contribution is -2.29. The van der Waals surface area contributed by atoms with Crippen LogP contribution in [0.2, 0.25) is 0 Å². The van der Waals surface area contributed by atoms with E-state index < -0.39 is 0 Å². The molecule has 0 bridgehead atoms. The van der Waals surface area contributed by atoms with E-state index >= 15 is 0 Å². The number of rotatable bonds is 1. The summed E-state index contributed by atoms with van der Waals surface area (Å²) in [6.07, 6.45) is 11.1. The van der Waals surface area contributed by atoms with E-state index in [1.807, 2.05) is 0 Å². The van der Waals surface area contributed by atoms with Gasteiger partial charge in [0.1, 0.15) is 0 Å². The summed E-state index contributed by atoms with van der Waals surface area (Å²) < 4.78 is 0. The molecule has 0 aromatic heterocycles. The van der Waals surface area contributed by atoms with Crippen molar-refractivity contribution < 1.29 is 0 Å². The van der Waals surface area contributed by atoms with Crippen LogP contribution in [0.4, 0.5) is 5.69 Å². The first-order chi connectivity index (χ1) is 7.93. The minimum absolute atomic E-state index is 1.20. The molecule has 1 nitrogen and oxygen atoms in total. The van der Waals surface area contributed by atoms with Crippen LogP contribution in [0.15, 0.2) is 24.3 Å². The van der Waals surface area contributed by atoms with Gasteiger partial charge in [0.25, 0.3) is 0 Å². The topological polar surface area (TPSA) is 3.24 Å². The summed E-state index contributed by atoms with van der Waals surface area (Å²) in [5.41, 5.74) is 4.39. The number of anilines is 1. The molecule has 3 rings (SSSR count). The van der Waals surface area contributed by atoms with Crippen LogP contribution in [0, 0.1) is 0 Å². The van der Waals surface area contributed by atoms with Crippen molar-refractivity contribution in [2.45, 2.75) is 32.1 Å². The predicted octanol–water partition coefficient (Wildman–Crippen LogP) is 3.64. The van der Waals surface area contributed by atoms with Crippen molar-refractivity contribution >= 4 is 11.8 Å². The first-order valence-electron chi connectivity index (χ1n) is 6.48. The number of aryl methyl sites for hydroxylation is 1. The van der Waals surface area contributed by atoms with Crippen molar-refractivity contribution in [1.82, 2.24) is 0 Å². The summed E-state index contributed by atoms with van der Waals surface area (Å²) in [5, 5.41) is 0. The number of nitrogens with zero attached hydrogens (tertiary/aromatic N) is 1. The zero-order valence-corrected chi connectivity index (χ0v) is 9.78. The fourth-order valence-corrected chi connectivity index (χ4v) is 2.77. The van der Waals surface area contributed by atoms with Gasteiger partial charge in [-0.05, 0) is 55.4 Å². The van der Waals surface area contributed by atoms with E-state index in [0.717, 1.165) is 0 Å².